The number of hydrogen-bond acceptors (Lipinski definition) is 4. The molecule has 1 amide bonds. The van der Waals surface area contributed by atoms with Crippen LogP contribution in [0, 0.1) is 11.8 Å². The molecule has 5 rings (SSSR count). The van der Waals surface area contributed by atoms with E-state index in [1.165, 1.54) is 22.1 Å². The van der Waals surface area contributed by atoms with E-state index >= 15 is 0 Å². The molecule has 2 heterocycles. The summed E-state index contributed by atoms with van der Waals surface area (Å²) in [5.41, 5.74) is 1.68. The zero-order chi connectivity index (χ0) is 22.8. The number of benzene rings is 2. The van der Waals surface area contributed by atoms with Crippen LogP contribution in [0.1, 0.15) is 40.9 Å². The molecule has 1 N–H and O–H groups in total. The Bertz CT molecular complexity index is 1260. The minimum absolute atomic E-state index is 0.00729. The first-order valence-electron chi connectivity index (χ1n) is 11.5. The summed E-state index contributed by atoms with van der Waals surface area (Å²) in [6.45, 7) is 1.38. The average molecular weight is 461 g/mol. The normalized spacial score (nSPS) is 18.5. The summed E-state index contributed by atoms with van der Waals surface area (Å²) in [5, 5.41) is 5.49. The van der Waals surface area contributed by atoms with Crippen LogP contribution in [0.2, 0.25) is 0 Å². The molecular formula is C27H28N2O3S. The largest absolute Gasteiger partial charge is 0.469 e. The SMILES string of the molecule is COC(=O)[C@H]1CC[C@H](CNC(=O)c2cccc3ccn(Cc4cc5ccccc5s4)c23)CC1. The number of aromatic nitrogens is 1. The van der Waals surface area contributed by atoms with Gasteiger partial charge in [-0.1, -0.05) is 30.3 Å². The van der Waals surface area contributed by atoms with Crippen LogP contribution in [0.5, 0.6) is 0 Å². The molecule has 1 aliphatic carbocycles. The number of ether oxygens (including phenoxy) is 1. The third kappa shape index (κ3) is 4.53. The molecule has 170 valence electrons. The lowest BCUT2D eigenvalue weighted by Crippen LogP contribution is -2.32. The topological polar surface area (TPSA) is 60.3 Å². The third-order valence-electron chi connectivity index (χ3n) is 6.77. The second-order valence-electron chi connectivity index (χ2n) is 8.89. The lowest BCUT2D eigenvalue weighted by molar-refractivity contribution is -0.146. The summed E-state index contributed by atoms with van der Waals surface area (Å²) < 4.78 is 8.33. The number of fused-ring (bicyclic) bond motifs is 2. The molecule has 0 saturated heterocycles. The lowest BCUT2D eigenvalue weighted by atomic mass is 9.82. The highest BCUT2D eigenvalue weighted by molar-refractivity contribution is 7.19. The molecule has 0 radical (unpaired) electrons. The smallest absolute Gasteiger partial charge is 0.308 e. The molecule has 0 unspecified atom stereocenters. The second kappa shape index (κ2) is 9.40. The van der Waals surface area contributed by atoms with Crippen LogP contribution in [0.25, 0.3) is 21.0 Å². The molecular weight excluding hydrogens is 432 g/mol. The van der Waals surface area contributed by atoms with Gasteiger partial charge in [0.25, 0.3) is 5.91 Å². The summed E-state index contributed by atoms with van der Waals surface area (Å²) in [5.74, 6) is 0.266. The van der Waals surface area contributed by atoms with Crippen molar-refractivity contribution in [3.63, 3.8) is 0 Å². The molecule has 4 aromatic rings. The van der Waals surface area contributed by atoms with Gasteiger partial charge in [0.15, 0.2) is 0 Å². The number of amides is 1. The van der Waals surface area contributed by atoms with Crippen molar-refractivity contribution in [2.24, 2.45) is 11.8 Å². The van der Waals surface area contributed by atoms with Crippen molar-refractivity contribution < 1.29 is 14.3 Å². The Balaban J connectivity index is 1.29. The fourth-order valence-electron chi connectivity index (χ4n) is 4.96. The predicted octanol–water partition coefficient (Wildman–Crippen LogP) is 5.61. The molecule has 1 fully saturated rings. The maximum absolute atomic E-state index is 13.2. The van der Waals surface area contributed by atoms with Gasteiger partial charge in [-0.05, 0) is 61.3 Å². The van der Waals surface area contributed by atoms with Gasteiger partial charge in [0.1, 0.15) is 0 Å². The summed E-state index contributed by atoms with van der Waals surface area (Å²) >= 11 is 1.80. The van der Waals surface area contributed by atoms with Crippen molar-refractivity contribution in [3.8, 4) is 0 Å². The van der Waals surface area contributed by atoms with Gasteiger partial charge in [0, 0.05) is 27.7 Å². The average Bonchev–Trinajstić information content (AvgIpc) is 3.46. The molecule has 2 aromatic heterocycles. The zero-order valence-electron chi connectivity index (χ0n) is 18.8. The summed E-state index contributed by atoms with van der Waals surface area (Å²) in [6, 6.07) is 18.6. The van der Waals surface area contributed by atoms with Gasteiger partial charge in [-0.15, -0.1) is 11.3 Å². The van der Waals surface area contributed by atoms with Gasteiger partial charge in [-0.25, -0.2) is 0 Å². The number of methoxy groups -OCH3 is 1. The van der Waals surface area contributed by atoms with Crippen LogP contribution in [0.15, 0.2) is 60.8 Å². The third-order valence-corrected chi connectivity index (χ3v) is 7.87. The molecule has 0 spiro atoms. The van der Waals surface area contributed by atoms with Gasteiger partial charge >= 0.3 is 5.97 Å². The minimum atomic E-state index is -0.108. The quantitative estimate of drug-likeness (QED) is 0.380. The Kier molecular flexibility index (Phi) is 6.18. The van der Waals surface area contributed by atoms with Crippen LogP contribution in [-0.2, 0) is 16.1 Å². The molecule has 1 saturated carbocycles. The van der Waals surface area contributed by atoms with Crippen molar-refractivity contribution in [3.05, 3.63) is 71.2 Å². The van der Waals surface area contributed by atoms with Gasteiger partial charge < -0.3 is 14.6 Å². The molecule has 0 atom stereocenters. The van der Waals surface area contributed by atoms with E-state index in [1.54, 1.807) is 11.3 Å². The zero-order valence-corrected chi connectivity index (χ0v) is 19.6. The number of carbonyl (C=O) groups excluding carboxylic acids is 2. The van der Waals surface area contributed by atoms with Crippen molar-refractivity contribution in [2.75, 3.05) is 13.7 Å². The first kappa shape index (κ1) is 21.7. The summed E-state index contributed by atoms with van der Waals surface area (Å²) in [6.07, 6.45) is 5.61. The van der Waals surface area contributed by atoms with Gasteiger partial charge in [0.05, 0.1) is 30.7 Å². The maximum atomic E-state index is 13.2. The number of hydrogen-bond donors (Lipinski definition) is 1. The molecule has 33 heavy (non-hydrogen) atoms. The Morgan fingerprint density at radius 1 is 1.03 bits per heavy atom. The monoisotopic (exact) mass is 460 g/mol. The first-order valence-corrected chi connectivity index (χ1v) is 12.4. The van der Waals surface area contributed by atoms with Crippen molar-refractivity contribution in [1.82, 2.24) is 9.88 Å². The second-order valence-corrected chi connectivity index (χ2v) is 10.1. The van der Waals surface area contributed by atoms with Gasteiger partial charge in [0.2, 0.25) is 0 Å². The number of carbonyl (C=O) groups is 2. The lowest BCUT2D eigenvalue weighted by Gasteiger charge is -2.27. The number of esters is 1. The van der Waals surface area contributed by atoms with Crippen LogP contribution >= 0.6 is 11.3 Å². The van der Waals surface area contributed by atoms with E-state index in [2.05, 4.69) is 58.5 Å². The number of para-hydroxylation sites is 1. The minimum Gasteiger partial charge on any atom is -0.469 e. The van der Waals surface area contributed by atoms with E-state index in [0.717, 1.165) is 43.1 Å². The highest BCUT2D eigenvalue weighted by Crippen LogP contribution is 2.30. The van der Waals surface area contributed by atoms with E-state index in [0.29, 0.717) is 18.0 Å². The highest BCUT2D eigenvalue weighted by atomic mass is 32.1. The molecule has 1 aliphatic rings. The number of thiophene rings is 1. The first-order chi connectivity index (χ1) is 16.1. The Morgan fingerprint density at radius 2 is 1.82 bits per heavy atom. The van der Waals surface area contributed by atoms with Crippen LogP contribution in [-0.4, -0.2) is 30.1 Å². The molecule has 0 bridgehead atoms. The Labute approximate surface area is 197 Å². The van der Waals surface area contributed by atoms with E-state index in [-0.39, 0.29) is 17.8 Å². The fraction of sp³-hybridized carbons (Fsp3) is 0.333. The molecule has 6 heteroatoms. The van der Waals surface area contributed by atoms with E-state index < -0.39 is 0 Å². The standard InChI is InChI=1S/C27H28N2O3S/c1-32-27(31)20-11-9-18(10-12-20)16-28-26(30)23-7-4-6-19-13-14-29(25(19)23)17-22-15-21-5-2-3-8-24(21)33-22/h2-8,13-15,18,20H,9-12,16-17H2,1H3,(H,28,30)/t18-,20-. The Morgan fingerprint density at radius 3 is 2.61 bits per heavy atom. The highest BCUT2D eigenvalue weighted by Gasteiger charge is 2.27. The van der Waals surface area contributed by atoms with E-state index in [9.17, 15) is 9.59 Å². The number of nitrogens with one attached hydrogen (secondary N) is 1. The van der Waals surface area contributed by atoms with Crippen molar-refractivity contribution in [2.45, 2.75) is 32.2 Å². The maximum Gasteiger partial charge on any atom is 0.308 e. The molecule has 5 nitrogen and oxygen atoms in total. The number of rotatable bonds is 6. The van der Waals surface area contributed by atoms with Gasteiger partial charge in [-0.2, -0.15) is 0 Å². The Hall–Kier alpha value is -3.12. The summed E-state index contributed by atoms with van der Waals surface area (Å²) in [7, 11) is 1.45. The molecule has 2 aromatic carbocycles. The van der Waals surface area contributed by atoms with Crippen LogP contribution in [0.4, 0.5) is 0 Å². The van der Waals surface area contributed by atoms with Gasteiger partial charge in [-0.3, -0.25) is 9.59 Å². The van der Waals surface area contributed by atoms with Crippen molar-refractivity contribution >= 4 is 44.2 Å². The van der Waals surface area contributed by atoms with Crippen LogP contribution < -0.4 is 5.32 Å². The van der Waals surface area contributed by atoms with Crippen LogP contribution in [0.3, 0.4) is 0 Å². The van der Waals surface area contributed by atoms with Crippen molar-refractivity contribution in [1.29, 1.82) is 0 Å². The predicted molar refractivity (Wildman–Crippen MR) is 133 cm³/mol. The van der Waals surface area contributed by atoms with E-state index in [4.69, 9.17) is 4.74 Å². The summed E-state index contributed by atoms with van der Waals surface area (Å²) in [4.78, 5) is 26.2. The molecule has 0 aliphatic heterocycles. The fourth-order valence-corrected chi connectivity index (χ4v) is 6.02. The van der Waals surface area contributed by atoms with E-state index in [1.807, 2.05) is 12.1 Å². The number of nitrogens with zero attached hydrogens (tertiary/aromatic N) is 1.